The number of nitrogens with one attached hydrogen (secondary N) is 2. The van der Waals surface area contributed by atoms with Crippen molar-refractivity contribution in [1.82, 2.24) is 10.3 Å². The second-order valence-electron chi connectivity index (χ2n) is 6.76. The van der Waals surface area contributed by atoms with Gasteiger partial charge in [-0.2, -0.15) is 0 Å². The predicted molar refractivity (Wildman–Crippen MR) is 121 cm³/mol. The normalized spacial score (nSPS) is 11.1. The lowest BCUT2D eigenvalue weighted by Crippen LogP contribution is -2.21. The molecule has 0 bridgehead atoms. The highest BCUT2D eigenvalue weighted by molar-refractivity contribution is 7.15. The molecule has 4 rings (SSSR count). The van der Waals surface area contributed by atoms with Gasteiger partial charge >= 0.3 is 0 Å². The second kappa shape index (κ2) is 8.74. The van der Waals surface area contributed by atoms with Crippen LogP contribution in [0.1, 0.15) is 10.4 Å². The van der Waals surface area contributed by atoms with E-state index in [4.69, 9.17) is 11.6 Å². The summed E-state index contributed by atoms with van der Waals surface area (Å²) in [5, 5.41) is 8.80. The first-order valence-electron chi connectivity index (χ1n) is 9.34. The van der Waals surface area contributed by atoms with Crippen molar-refractivity contribution in [2.24, 2.45) is 0 Å². The van der Waals surface area contributed by atoms with Crippen LogP contribution in [0.15, 0.2) is 66.9 Å². The zero-order chi connectivity index (χ0) is 19.3. The Morgan fingerprint density at radius 2 is 1.82 bits per heavy atom. The van der Waals surface area contributed by atoms with E-state index in [9.17, 15) is 0 Å². The van der Waals surface area contributed by atoms with E-state index in [-0.39, 0.29) is 0 Å². The number of rotatable bonds is 7. The molecule has 0 unspecified atom stereocenters. The average molecular weight is 408 g/mol. The van der Waals surface area contributed by atoms with Gasteiger partial charge in [-0.15, -0.1) is 11.3 Å². The number of anilines is 1. The zero-order valence-corrected chi connectivity index (χ0v) is 17.3. The molecule has 0 aliphatic carbocycles. The van der Waals surface area contributed by atoms with Crippen LogP contribution in [0.2, 0.25) is 5.02 Å². The number of halogens is 1. The molecule has 28 heavy (non-hydrogen) atoms. The standard InChI is InChI=1S/C23H22ClN3S/c1-16-2-4-17(5-3-16)23-9-7-19(28-23)15-25-12-13-27-21-10-11-26-22-14-18(24)6-8-20(21)22/h2-11,14,25H,12-13,15H2,1H3,(H,26,27). The van der Waals surface area contributed by atoms with Crippen LogP contribution < -0.4 is 10.6 Å². The summed E-state index contributed by atoms with van der Waals surface area (Å²) in [4.78, 5) is 7.04. The van der Waals surface area contributed by atoms with E-state index in [2.05, 4.69) is 58.9 Å². The van der Waals surface area contributed by atoms with Crippen LogP contribution >= 0.6 is 22.9 Å². The summed E-state index contributed by atoms with van der Waals surface area (Å²) in [5.74, 6) is 0. The molecule has 5 heteroatoms. The molecule has 0 radical (unpaired) electrons. The maximum Gasteiger partial charge on any atom is 0.0737 e. The highest BCUT2D eigenvalue weighted by Gasteiger charge is 2.04. The number of hydrogen-bond acceptors (Lipinski definition) is 4. The van der Waals surface area contributed by atoms with E-state index in [1.54, 1.807) is 0 Å². The van der Waals surface area contributed by atoms with Gasteiger partial charge in [-0.25, -0.2) is 0 Å². The minimum atomic E-state index is 0.708. The van der Waals surface area contributed by atoms with E-state index in [1.807, 2.05) is 41.8 Å². The number of nitrogens with zero attached hydrogens (tertiary/aromatic N) is 1. The molecule has 0 atom stereocenters. The van der Waals surface area contributed by atoms with Crippen molar-refractivity contribution >= 4 is 39.5 Å². The minimum Gasteiger partial charge on any atom is -0.383 e. The minimum absolute atomic E-state index is 0.708. The fourth-order valence-corrected chi connectivity index (χ4v) is 4.27. The molecule has 0 saturated heterocycles. The Labute approximate surface area is 174 Å². The van der Waals surface area contributed by atoms with Crippen LogP contribution in [-0.2, 0) is 6.54 Å². The second-order valence-corrected chi connectivity index (χ2v) is 8.36. The van der Waals surface area contributed by atoms with Gasteiger partial charge in [0.2, 0.25) is 0 Å². The van der Waals surface area contributed by atoms with Crippen molar-refractivity contribution in [1.29, 1.82) is 0 Å². The van der Waals surface area contributed by atoms with Gasteiger partial charge in [-0.1, -0.05) is 41.4 Å². The molecular formula is C23H22ClN3S. The summed E-state index contributed by atoms with van der Waals surface area (Å²) in [6.45, 7) is 4.73. The monoisotopic (exact) mass is 407 g/mol. The molecule has 0 aliphatic rings. The van der Waals surface area contributed by atoms with Crippen molar-refractivity contribution in [2.75, 3.05) is 18.4 Å². The Morgan fingerprint density at radius 3 is 2.68 bits per heavy atom. The van der Waals surface area contributed by atoms with Crippen LogP contribution in [-0.4, -0.2) is 18.1 Å². The SMILES string of the molecule is Cc1ccc(-c2ccc(CNCCNc3ccnc4cc(Cl)ccc34)s2)cc1. The summed E-state index contributed by atoms with van der Waals surface area (Å²) in [5.41, 5.74) is 4.57. The van der Waals surface area contributed by atoms with E-state index < -0.39 is 0 Å². The van der Waals surface area contributed by atoms with Gasteiger partial charge in [0.25, 0.3) is 0 Å². The van der Waals surface area contributed by atoms with Gasteiger partial charge in [0.05, 0.1) is 5.52 Å². The van der Waals surface area contributed by atoms with Crippen molar-refractivity contribution in [3.63, 3.8) is 0 Å². The largest absolute Gasteiger partial charge is 0.383 e. The molecule has 2 aromatic carbocycles. The Balaban J connectivity index is 1.28. The van der Waals surface area contributed by atoms with Gasteiger partial charge in [-0.05, 0) is 48.9 Å². The molecule has 3 nitrogen and oxygen atoms in total. The van der Waals surface area contributed by atoms with Crippen molar-refractivity contribution in [2.45, 2.75) is 13.5 Å². The van der Waals surface area contributed by atoms with Crippen LogP contribution in [0.3, 0.4) is 0 Å². The number of hydrogen-bond donors (Lipinski definition) is 2. The first-order chi connectivity index (χ1) is 13.7. The number of benzene rings is 2. The maximum absolute atomic E-state index is 6.05. The van der Waals surface area contributed by atoms with Crippen molar-refractivity contribution < 1.29 is 0 Å². The lowest BCUT2D eigenvalue weighted by atomic mass is 10.1. The van der Waals surface area contributed by atoms with E-state index in [0.29, 0.717) is 5.02 Å². The van der Waals surface area contributed by atoms with Gasteiger partial charge < -0.3 is 10.6 Å². The van der Waals surface area contributed by atoms with Crippen LogP contribution in [0.5, 0.6) is 0 Å². The number of thiophene rings is 1. The fourth-order valence-electron chi connectivity index (χ4n) is 3.12. The predicted octanol–water partition coefficient (Wildman–Crippen LogP) is 6.13. The van der Waals surface area contributed by atoms with Crippen LogP contribution in [0, 0.1) is 6.92 Å². The smallest absolute Gasteiger partial charge is 0.0737 e. The highest BCUT2D eigenvalue weighted by Crippen LogP contribution is 2.28. The Hall–Kier alpha value is -2.40. The van der Waals surface area contributed by atoms with E-state index in [1.165, 1.54) is 20.9 Å². The van der Waals surface area contributed by atoms with Gasteiger partial charge in [-0.3, -0.25) is 4.98 Å². The molecule has 0 amide bonds. The third-order valence-electron chi connectivity index (χ3n) is 4.62. The molecule has 0 aliphatic heterocycles. The molecule has 2 N–H and O–H groups in total. The Morgan fingerprint density at radius 1 is 0.964 bits per heavy atom. The van der Waals surface area contributed by atoms with E-state index in [0.717, 1.165) is 36.2 Å². The lowest BCUT2D eigenvalue weighted by molar-refractivity contribution is 0.714. The van der Waals surface area contributed by atoms with Crippen LogP contribution in [0.25, 0.3) is 21.3 Å². The number of fused-ring (bicyclic) bond motifs is 1. The summed E-state index contributed by atoms with van der Waals surface area (Å²) in [6, 6.07) is 20.9. The van der Waals surface area contributed by atoms with Gasteiger partial charge in [0.1, 0.15) is 0 Å². The fraction of sp³-hybridized carbons (Fsp3) is 0.174. The highest BCUT2D eigenvalue weighted by atomic mass is 35.5. The van der Waals surface area contributed by atoms with Crippen LogP contribution in [0.4, 0.5) is 5.69 Å². The molecule has 0 fully saturated rings. The molecular weight excluding hydrogens is 386 g/mol. The average Bonchev–Trinajstić information content (AvgIpc) is 3.17. The van der Waals surface area contributed by atoms with E-state index >= 15 is 0 Å². The molecule has 4 aromatic rings. The first kappa shape index (κ1) is 18.9. The quantitative estimate of drug-likeness (QED) is 0.362. The summed E-state index contributed by atoms with van der Waals surface area (Å²) in [6.07, 6.45) is 1.81. The number of aromatic nitrogens is 1. The summed E-state index contributed by atoms with van der Waals surface area (Å²) < 4.78 is 0. The Bertz CT molecular complexity index is 1070. The molecule has 0 saturated carbocycles. The zero-order valence-electron chi connectivity index (χ0n) is 15.7. The summed E-state index contributed by atoms with van der Waals surface area (Å²) in [7, 11) is 0. The third-order valence-corrected chi connectivity index (χ3v) is 5.99. The van der Waals surface area contributed by atoms with Gasteiger partial charge in [0.15, 0.2) is 0 Å². The molecule has 2 aromatic heterocycles. The molecule has 0 spiro atoms. The van der Waals surface area contributed by atoms with Crippen molar-refractivity contribution in [3.8, 4) is 10.4 Å². The molecule has 142 valence electrons. The maximum atomic E-state index is 6.05. The Kier molecular flexibility index (Phi) is 5.91. The van der Waals surface area contributed by atoms with Gasteiger partial charge in [0, 0.05) is 51.7 Å². The topological polar surface area (TPSA) is 37.0 Å². The third kappa shape index (κ3) is 4.53. The lowest BCUT2D eigenvalue weighted by Gasteiger charge is -2.10. The summed E-state index contributed by atoms with van der Waals surface area (Å²) >= 11 is 7.90. The number of pyridine rings is 1. The number of aryl methyl sites for hydroxylation is 1. The van der Waals surface area contributed by atoms with Crippen molar-refractivity contribution in [3.05, 3.63) is 82.3 Å². The first-order valence-corrected chi connectivity index (χ1v) is 10.5. The molecule has 2 heterocycles.